The van der Waals surface area contributed by atoms with E-state index in [1.54, 1.807) is 11.3 Å². The van der Waals surface area contributed by atoms with E-state index in [0.29, 0.717) is 18.1 Å². The predicted octanol–water partition coefficient (Wildman–Crippen LogP) is 2.54. The molecule has 0 radical (unpaired) electrons. The molecule has 90 valence electrons. The molecule has 1 atom stereocenters. The molecule has 1 saturated carbocycles. The van der Waals surface area contributed by atoms with E-state index in [1.807, 2.05) is 0 Å². The molecule has 0 aliphatic heterocycles. The number of nitrogens with one attached hydrogen (secondary N) is 1. The Morgan fingerprint density at radius 1 is 1.44 bits per heavy atom. The molecule has 2 nitrogen and oxygen atoms in total. The second kappa shape index (κ2) is 5.80. The zero-order chi connectivity index (χ0) is 11.4. The molecule has 1 aliphatic rings. The van der Waals surface area contributed by atoms with Crippen LogP contribution in [0, 0.1) is 0 Å². The van der Waals surface area contributed by atoms with Crippen LogP contribution in [-0.4, -0.2) is 18.1 Å². The van der Waals surface area contributed by atoms with Gasteiger partial charge in [0.2, 0.25) is 0 Å². The number of rotatable bonds is 4. The molecule has 1 aromatic rings. The van der Waals surface area contributed by atoms with Gasteiger partial charge < -0.3 is 11.1 Å². The van der Waals surface area contributed by atoms with Gasteiger partial charge >= 0.3 is 0 Å². The van der Waals surface area contributed by atoms with Gasteiger partial charge in [-0.25, -0.2) is 0 Å². The number of hydrogen-bond acceptors (Lipinski definition) is 3. The molecule has 1 heterocycles. The van der Waals surface area contributed by atoms with Crippen molar-refractivity contribution in [2.75, 3.05) is 0 Å². The van der Waals surface area contributed by atoms with Gasteiger partial charge in [0.25, 0.3) is 0 Å². The SMILES string of the molecule is CC(Cc1ccsc1)NC1CCC(N)CC1. The summed E-state index contributed by atoms with van der Waals surface area (Å²) in [4.78, 5) is 0. The highest BCUT2D eigenvalue weighted by Crippen LogP contribution is 2.18. The molecule has 1 fully saturated rings. The van der Waals surface area contributed by atoms with E-state index < -0.39 is 0 Å². The van der Waals surface area contributed by atoms with E-state index in [2.05, 4.69) is 29.1 Å². The van der Waals surface area contributed by atoms with Crippen molar-refractivity contribution in [1.82, 2.24) is 5.32 Å². The van der Waals surface area contributed by atoms with Crippen molar-refractivity contribution in [3.8, 4) is 0 Å². The summed E-state index contributed by atoms with van der Waals surface area (Å²) in [7, 11) is 0. The van der Waals surface area contributed by atoms with Crippen molar-refractivity contribution in [3.63, 3.8) is 0 Å². The summed E-state index contributed by atoms with van der Waals surface area (Å²) < 4.78 is 0. The Kier molecular flexibility index (Phi) is 4.38. The molecule has 0 bridgehead atoms. The van der Waals surface area contributed by atoms with E-state index in [0.717, 1.165) is 6.42 Å². The Labute approximate surface area is 102 Å². The second-order valence-electron chi connectivity index (χ2n) is 5.02. The molecule has 16 heavy (non-hydrogen) atoms. The van der Waals surface area contributed by atoms with Gasteiger partial charge in [0.1, 0.15) is 0 Å². The van der Waals surface area contributed by atoms with Gasteiger partial charge in [-0.3, -0.25) is 0 Å². The standard InChI is InChI=1S/C13H22N2S/c1-10(8-11-6-7-16-9-11)15-13-4-2-12(14)3-5-13/h6-7,9-10,12-13,15H,2-5,8,14H2,1H3. The first-order chi connectivity index (χ1) is 7.74. The van der Waals surface area contributed by atoms with Gasteiger partial charge in [-0.05, 0) is 61.4 Å². The van der Waals surface area contributed by atoms with Crippen LogP contribution in [0.5, 0.6) is 0 Å². The van der Waals surface area contributed by atoms with Gasteiger partial charge in [-0.1, -0.05) is 0 Å². The van der Waals surface area contributed by atoms with E-state index >= 15 is 0 Å². The van der Waals surface area contributed by atoms with Crippen molar-refractivity contribution in [2.24, 2.45) is 5.73 Å². The maximum atomic E-state index is 5.91. The van der Waals surface area contributed by atoms with Crippen LogP contribution in [0.25, 0.3) is 0 Å². The van der Waals surface area contributed by atoms with Gasteiger partial charge in [0.05, 0.1) is 0 Å². The fourth-order valence-electron chi connectivity index (χ4n) is 2.51. The summed E-state index contributed by atoms with van der Waals surface area (Å²) in [6.45, 7) is 2.28. The fraction of sp³-hybridized carbons (Fsp3) is 0.692. The predicted molar refractivity (Wildman–Crippen MR) is 70.9 cm³/mol. The molecule has 1 aliphatic carbocycles. The summed E-state index contributed by atoms with van der Waals surface area (Å²) in [5, 5.41) is 8.13. The molecule has 1 aromatic heterocycles. The lowest BCUT2D eigenvalue weighted by molar-refractivity contribution is 0.319. The molecule has 0 spiro atoms. The van der Waals surface area contributed by atoms with E-state index in [4.69, 9.17) is 5.73 Å². The third-order valence-electron chi connectivity index (χ3n) is 3.41. The molecule has 3 N–H and O–H groups in total. The van der Waals surface area contributed by atoms with E-state index in [1.165, 1.54) is 31.2 Å². The third kappa shape index (κ3) is 3.58. The Balaban J connectivity index is 1.72. The van der Waals surface area contributed by atoms with Gasteiger partial charge in [-0.15, -0.1) is 0 Å². The van der Waals surface area contributed by atoms with Crippen LogP contribution in [0.4, 0.5) is 0 Å². The van der Waals surface area contributed by atoms with Crippen LogP contribution < -0.4 is 11.1 Å². The van der Waals surface area contributed by atoms with Crippen molar-refractivity contribution in [3.05, 3.63) is 22.4 Å². The first kappa shape index (κ1) is 12.1. The fourth-order valence-corrected chi connectivity index (χ4v) is 3.19. The minimum absolute atomic E-state index is 0.449. The Bertz CT molecular complexity index is 289. The van der Waals surface area contributed by atoms with E-state index in [-0.39, 0.29) is 0 Å². The summed E-state index contributed by atoms with van der Waals surface area (Å²) >= 11 is 1.78. The van der Waals surface area contributed by atoms with Crippen molar-refractivity contribution < 1.29 is 0 Å². The summed E-state index contributed by atoms with van der Waals surface area (Å²) in [5.41, 5.74) is 7.37. The highest BCUT2D eigenvalue weighted by Gasteiger charge is 2.19. The zero-order valence-electron chi connectivity index (χ0n) is 9.99. The third-order valence-corrected chi connectivity index (χ3v) is 4.15. The van der Waals surface area contributed by atoms with Crippen LogP contribution in [0.2, 0.25) is 0 Å². The van der Waals surface area contributed by atoms with Crippen molar-refractivity contribution in [2.45, 2.75) is 57.2 Å². The summed E-state index contributed by atoms with van der Waals surface area (Å²) in [6.07, 6.45) is 6.00. The largest absolute Gasteiger partial charge is 0.328 e. The van der Waals surface area contributed by atoms with Gasteiger partial charge in [-0.2, -0.15) is 11.3 Å². The van der Waals surface area contributed by atoms with Gasteiger partial charge in [0, 0.05) is 18.1 Å². The minimum atomic E-state index is 0.449. The zero-order valence-corrected chi connectivity index (χ0v) is 10.8. The Morgan fingerprint density at radius 3 is 2.81 bits per heavy atom. The van der Waals surface area contributed by atoms with Crippen LogP contribution in [0.3, 0.4) is 0 Å². The quantitative estimate of drug-likeness (QED) is 0.846. The average Bonchev–Trinajstić information content (AvgIpc) is 2.74. The smallest absolute Gasteiger partial charge is 0.00820 e. The normalized spacial score (nSPS) is 27.9. The Hall–Kier alpha value is -0.380. The van der Waals surface area contributed by atoms with Gasteiger partial charge in [0.15, 0.2) is 0 Å². The maximum absolute atomic E-state index is 5.91. The lowest BCUT2D eigenvalue weighted by atomic mass is 9.91. The van der Waals surface area contributed by atoms with Crippen molar-refractivity contribution >= 4 is 11.3 Å². The maximum Gasteiger partial charge on any atom is 0.00820 e. The van der Waals surface area contributed by atoms with E-state index in [9.17, 15) is 0 Å². The van der Waals surface area contributed by atoms with Crippen LogP contribution >= 0.6 is 11.3 Å². The molecule has 1 unspecified atom stereocenters. The Morgan fingerprint density at radius 2 is 2.19 bits per heavy atom. The first-order valence-corrected chi connectivity index (χ1v) is 7.21. The van der Waals surface area contributed by atoms with Crippen molar-refractivity contribution in [1.29, 1.82) is 0 Å². The summed E-state index contributed by atoms with van der Waals surface area (Å²) in [6, 6.07) is 3.94. The lowest BCUT2D eigenvalue weighted by Gasteiger charge is -2.29. The number of nitrogens with two attached hydrogens (primary N) is 1. The number of hydrogen-bond donors (Lipinski definition) is 2. The second-order valence-corrected chi connectivity index (χ2v) is 5.80. The molecule has 0 saturated heterocycles. The van der Waals surface area contributed by atoms with Crippen LogP contribution in [-0.2, 0) is 6.42 Å². The van der Waals surface area contributed by atoms with Crippen LogP contribution in [0.15, 0.2) is 16.8 Å². The molecule has 3 heteroatoms. The van der Waals surface area contributed by atoms with Crippen LogP contribution in [0.1, 0.15) is 38.2 Å². The average molecular weight is 238 g/mol. The monoisotopic (exact) mass is 238 g/mol. The molecular formula is C13H22N2S. The topological polar surface area (TPSA) is 38.0 Å². The molecule has 2 rings (SSSR count). The minimum Gasteiger partial charge on any atom is -0.328 e. The lowest BCUT2D eigenvalue weighted by Crippen LogP contribution is -2.42. The molecule has 0 aromatic carbocycles. The summed E-state index contributed by atoms with van der Waals surface area (Å²) in [5.74, 6) is 0. The number of thiophene rings is 1. The highest BCUT2D eigenvalue weighted by molar-refractivity contribution is 7.07. The molecule has 0 amide bonds. The first-order valence-electron chi connectivity index (χ1n) is 6.26. The highest BCUT2D eigenvalue weighted by atomic mass is 32.1. The molecular weight excluding hydrogens is 216 g/mol.